The number of hydrogen-bond acceptors (Lipinski definition) is 6. The Labute approximate surface area is 211 Å². The molecule has 1 saturated heterocycles. The van der Waals surface area contributed by atoms with E-state index in [1.165, 1.54) is 6.07 Å². The molecule has 3 heterocycles. The molecule has 3 aromatic rings. The Hall–Kier alpha value is -3.97. The molecule has 38 heavy (non-hydrogen) atoms. The number of nitrogens with zero attached hydrogens (tertiary/aromatic N) is 5. The molecular formula is C24H19F6N5O3. The molecule has 3 amide bonds. The highest BCUT2D eigenvalue weighted by molar-refractivity contribution is 6.12. The van der Waals surface area contributed by atoms with Gasteiger partial charge in [-0.2, -0.15) is 26.3 Å². The van der Waals surface area contributed by atoms with Gasteiger partial charge < -0.3 is 4.74 Å². The first-order chi connectivity index (χ1) is 17.9. The Kier molecular flexibility index (Phi) is 6.35. The number of hydrogen-bond donors (Lipinski definition) is 0. The molecule has 1 aliphatic heterocycles. The third kappa shape index (κ3) is 4.94. The number of halogens is 6. The van der Waals surface area contributed by atoms with E-state index in [1.54, 1.807) is 0 Å². The fourth-order valence-corrected chi connectivity index (χ4v) is 4.69. The van der Waals surface area contributed by atoms with Crippen molar-refractivity contribution in [1.29, 1.82) is 0 Å². The Balaban J connectivity index is 1.25. The monoisotopic (exact) mass is 539 g/mol. The number of carbonyl (C=O) groups is 2. The van der Waals surface area contributed by atoms with Crippen LogP contribution >= 0.6 is 0 Å². The molecule has 0 bridgehead atoms. The van der Waals surface area contributed by atoms with Crippen molar-refractivity contribution in [2.24, 2.45) is 0 Å². The summed E-state index contributed by atoms with van der Waals surface area (Å²) in [7, 11) is 0. The van der Waals surface area contributed by atoms with Crippen LogP contribution in [0.4, 0.5) is 36.8 Å². The second-order valence-corrected chi connectivity index (χ2v) is 9.02. The highest BCUT2D eigenvalue weighted by atomic mass is 19.4. The highest BCUT2D eigenvalue weighted by Crippen LogP contribution is 2.36. The molecule has 1 aromatic carbocycles. The molecule has 0 radical (unpaired) electrons. The Morgan fingerprint density at radius 2 is 1.58 bits per heavy atom. The maximum atomic E-state index is 13.1. The molecule has 2 aromatic heterocycles. The van der Waals surface area contributed by atoms with Crippen LogP contribution in [0.15, 0.2) is 43.0 Å². The van der Waals surface area contributed by atoms with Crippen molar-refractivity contribution >= 4 is 28.5 Å². The van der Waals surface area contributed by atoms with E-state index in [0.717, 1.165) is 40.5 Å². The predicted octanol–water partition coefficient (Wildman–Crippen LogP) is 5.22. The summed E-state index contributed by atoms with van der Waals surface area (Å²) in [5.41, 5.74) is -1.92. The van der Waals surface area contributed by atoms with Gasteiger partial charge in [0.2, 0.25) is 5.88 Å². The normalized spacial score (nSPS) is 20.9. The zero-order valence-electron chi connectivity index (χ0n) is 19.5. The summed E-state index contributed by atoms with van der Waals surface area (Å²) in [5.74, 6) is -0.400. The molecule has 0 unspecified atom stereocenters. The number of anilines is 1. The number of aromatic nitrogens is 3. The molecule has 14 heteroatoms. The van der Waals surface area contributed by atoms with Crippen LogP contribution in [0.1, 0.15) is 36.8 Å². The number of alkyl halides is 6. The molecule has 2 fully saturated rings. The van der Waals surface area contributed by atoms with Crippen LogP contribution in [0, 0.1) is 0 Å². The number of imide groups is 1. The molecule has 1 saturated carbocycles. The van der Waals surface area contributed by atoms with Gasteiger partial charge in [0.05, 0.1) is 33.9 Å². The lowest BCUT2D eigenvalue weighted by molar-refractivity contribution is -0.138. The van der Waals surface area contributed by atoms with E-state index in [1.807, 2.05) is 0 Å². The van der Waals surface area contributed by atoms with E-state index in [-0.39, 0.29) is 23.2 Å². The minimum atomic E-state index is -4.65. The molecule has 5 rings (SSSR count). The van der Waals surface area contributed by atoms with Crippen LogP contribution in [-0.2, 0) is 17.1 Å². The average molecular weight is 539 g/mol. The molecule has 0 N–H and O–H groups in total. The number of ether oxygens (including phenoxy) is 1. The minimum Gasteiger partial charge on any atom is -0.474 e. The summed E-state index contributed by atoms with van der Waals surface area (Å²) in [5, 5.41) is 0.317. The summed E-state index contributed by atoms with van der Waals surface area (Å²) < 4.78 is 84.2. The quantitative estimate of drug-likeness (QED) is 0.334. The lowest BCUT2D eigenvalue weighted by Gasteiger charge is -2.33. The molecule has 0 spiro atoms. The molecule has 2 aliphatic rings. The average Bonchev–Trinajstić information content (AvgIpc) is 3.17. The summed E-state index contributed by atoms with van der Waals surface area (Å²) >= 11 is 0. The van der Waals surface area contributed by atoms with Gasteiger partial charge in [0, 0.05) is 12.2 Å². The van der Waals surface area contributed by atoms with Crippen molar-refractivity contribution in [3.63, 3.8) is 0 Å². The topological polar surface area (TPSA) is 88.5 Å². The first kappa shape index (κ1) is 25.7. The minimum absolute atomic E-state index is 0.0796. The number of amides is 3. The third-order valence-corrected chi connectivity index (χ3v) is 6.58. The zero-order valence-corrected chi connectivity index (χ0v) is 19.5. The van der Waals surface area contributed by atoms with Crippen LogP contribution < -0.4 is 9.64 Å². The number of urea groups is 1. The van der Waals surface area contributed by atoms with Crippen molar-refractivity contribution < 1.29 is 40.7 Å². The summed E-state index contributed by atoms with van der Waals surface area (Å²) in [6.07, 6.45) is -5.11. The zero-order chi connectivity index (χ0) is 27.2. The summed E-state index contributed by atoms with van der Waals surface area (Å²) in [4.78, 5) is 39.2. The molecule has 200 valence electrons. The first-order valence-corrected chi connectivity index (χ1v) is 11.6. The van der Waals surface area contributed by atoms with E-state index in [9.17, 15) is 35.9 Å². The number of carbonyl (C=O) groups excluding carboxylic acids is 2. The number of pyridine rings is 1. The molecule has 0 atom stereocenters. The van der Waals surface area contributed by atoms with Gasteiger partial charge in [-0.25, -0.2) is 14.8 Å². The van der Waals surface area contributed by atoms with E-state index in [0.29, 0.717) is 37.3 Å². The second-order valence-electron chi connectivity index (χ2n) is 9.02. The van der Waals surface area contributed by atoms with Crippen LogP contribution in [0.5, 0.6) is 5.88 Å². The van der Waals surface area contributed by atoms with Gasteiger partial charge in [0.15, 0.2) is 0 Å². The van der Waals surface area contributed by atoms with Crippen LogP contribution in [0.2, 0.25) is 0 Å². The fraction of sp³-hybridized carbons (Fsp3) is 0.375. The first-order valence-electron chi connectivity index (χ1n) is 11.6. The Bertz CT molecular complexity index is 1390. The van der Waals surface area contributed by atoms with Gasteiger partial charge in [0.25, 0.3) is 5.91 Å². The Morgan fingerprint density at radius 3 is 2.26 bits per heavy atom. The maximum Gasteiger partial charge on any atom is 0.417 e. The lowest BCUT2D eigenvalue weighted by atomic mass is 9.92. The molecule has 1 aliphatic carbocycles. The smallest absolute Gasteiger partial charge is 0.417 e. The van der Waals surface area contributed by atoms with E-state index in [2.05, 4.69) is 15.0 Å². The van der Waals surface area contributed by atoms with Gasteiger partial charge in [-0.1, -0.05) is 0 Å². The Morgan fingerprint density at radius 1 is 0.868 bits per heavy atom. The van der Waals surface area contributed by atoms with E-state index >= 15 is 0 Å². The van der Waals surface area contributed by atoms with Gasteiger partial charge in [-0.15, -0.1) is 0 Å². The van der Waals surface area contributed by atoms with E-state index in [4.69, 9.17) is 4.74 Å². The molecular weight excluding hydrogens is 520 g/mol. The summed E-state index contributed by atoms with van der Waals surface area (Å²) in [6.45, 7) is -0.398. The number of benzene rings is 1. The van der Waals surface area contributed by atoms with Crippen molar-refractivity contribution in [2.45, 2.75) is 50.2 Å². The predicted molar refractivity (Wildman–Crippen MR) is 120 cm³/mol. The van der Waals surface area contributed by atoms with Gasteiger partial charge in [-0.05, 0) is 49.9 Å². The van der Waals surface area contributed by atoms with Gasteiger partial charge in [0.1, 0.15) is 19.0 Å². The second kappa shape index (κ2) is 9.40. The standard InChI is InChI=1S/C24H19F6N5O3/c25-23(26,27)13-1-6-18-19(8-13)32-12-33-21(18)38-17-4-2-15(3-5-17)35-20(36)11-34(22(35)37)16-7-14(9-31-10-16)24(28,29)30/h1,6-10,12,15,17H,2-5,11H2. The lowest BCUT2D eigenvalue weighted by Crippen LogP contribution is -2.44. The fourth-order valence-electron chi connectivity index (χ4n) is 4.69. The third-order valence-electron chi connectivity index (χ3n) is 6.58. The number of rotatable bonds is 4. The molecule has 8 nitrogen and oxygen atoms in total. The summed E-state index contributed by atoms with van der Waals surface area (Å²) in [6, 6.07) is 2.66. The van der Waals surface area contributed by atoms with Crippen molar-refractivity contribution in [1.82, 2.24) is 19.9 Å². The van der Waals surface area contributed by atoms with Crippen molar-refractivity contribution in [3.8, 4) is 5.88 Å². The van der Waals surface area contributed by atoms with Crippen LogP contribution in [-0.4, -0.2) is 50.5 Å². The SMILES string of the molecule is O=C1CN(c2cncc(C(F)(F)F)c2)C(=O)N1C1CCC(Oc2ncnc3cc(C(F)(F)F)ccc23)CC1. The largest absolute Gasteiger partial charge is 0.474 e. The maximum absolute atomic E-state index is 13.1. The van der Waals surface area contributed by atoms with E-state index < -0.39 is 48.0 Å². The van der Waals surface area contributed by atoms with Gasteiger partial charge in [-0.3, -0.25) is 19.6 Å². The van der Waals surface area contributed by atoms with Gasteiger partial charge >= 0.3 is 18.4 Å². The van der Waals surface area contributed by atoms with Crippen molar-refractivity contribution in [2.75, 3.05) is 11.4 Å². The highest BCUT2D eigenvalue weighted by Gasteiger charge is 2.43. The number of fused-ring (bicyclic) bond motifs is 1. The van der Waals surface area contributed by atoms with Crippen LogP contribution in [0.25, 0.3) is 10.9 Å². The van der Waals surface area contributed by atoms with Crippen molar-refractivity contribution in [3.05, 3.63) is 54.1 Å². The van der Waals surface area contributed by atoms with Crippen LogP contribution in [0.3, 0.4) is 0 Å².